The Balaban J connectivity index is 1.81. The fourth-order valence-corrected chi connectivity index (χ4v) is 3.13. The van der Waals surface area contributed by atoms with Crippen LogP contribution in [0.5, 0.6) is 0 Å². The number of para-hydroxylation sites is 1. The third-order valence-corrected chi connectivity index (χ3v) is 4.19. The highest BCUT2D eigenvalue weighted by atomic mass is 16.2. The quantitative estimate of drug-likeness (QED) is 0.843. The second-order valence-electron chi connectivity index (χ2n) is 5.69. The van der Waals surface area contributed by atoms with E-state index < -0.39 is 0 Å². The van der Waals surface area contributed by atoms with Crippen LogP contribution >= 0.6 is 0 Å². The Morgan fingerprint density at radius 2 is 2.35 bits per heavy atom. The van der Waals surface area contributed by atoms with Crippen molar-refractivity contribution in [3.8, 4) is 0 Å². The first-order chi connectivity index (χ1) is 9.69. The molecule has 1 unspecified atom stereocenters. The van der Waals surface area contributed by atoms with E-state index in [2.05, 4.69) is 11.9 Å². The largest absolute Gasteiger partial charge is 0.397 e. The number of likely N-dealkylation sites (tertiary alicyclic amines) is 1. The number of hydrogen-bond donors (Lipinski definition) is 2. The number of benzene rings is 1. The van der Waals surface area contributed by atoms with Gasteiger partial charge in [0.2, 0.25) is 0 Å². The molecule has 2 aromatic rings. The van der Waals surface area contributed by atoms with Crippen LogP contribution in [0.3, 0.4) is 0 Å². The summed E-state index contributed by atoms with van der Waals surface area (Å²) in [5.74, 6) is 0.762. The van der Waals surface area contributed by atoms with Crippen LogP contribution in [0, 0.1) is 5.92 Å². The van der Waals surface area contributed by atoms with E-state index in [4.69, 9.17) is 5.73 Å². The fraction of sp³-hybridized carbons (Fsp3) is 0.438. The van der Waals surface area contributed by atoms with Crippen molar-refractivity contribution in [1.29, 1.82) is 0 Å². The summed E-state index contributed by atoms with van der Waals surface area (Å²) in [5, 5.41) is 0.998. The normalized spacial score (nSPS) is 18.9. The van der Waals surface area contributed by atoms with Crippen LogP contribution in [0.25, 0.3) is 10.9 Å². The van der Waals surface area contributed by atoms with Crippen LogP contribution in [-0.2, 0) is 0 Å². The number of nitrogens with one attached hydrogen (secondary N) is 1. The first kappa shape index (κ1) is 13.0. The van der Waals surface area contributed by atoms with Crippen molar-refractivity contribution in [2.75, 3.05) is 18.8 Å². The highest BCUT2D eigenvalue weighted by Crippen LogP contribution is 2.25. The summed E-state index contributed by atoms with van der Waals surface area (Å²) in [5.41, 5.74) is 8.12. The number of aromatic amines is 1. The van der Waals surface area contributed by atoms with Crippen molar-refractivity contribution in [3.63, 3.8) is 0 Å². The summed E-state index contributed by atoms with van der Waals surface area (Å²) in [6.45, 7) is 3.96. The van der Waals surface area contributed by atoms with Gasteiger partial charge in [-0.15, -0.1) is 0 Å². The van der Waals surface area contributed by atoms with Gasteiger partial charge in [-0.05, 0) is 30.9 Å². The van der Waals surface area contributed by atoms with Crippen molar-refractivity contribution >= 4 is 22.5 Å². The molecule has 3 N–H and O–H groups in total. The van der Waals surface area contributed by atoms with Crippen LogP contribution in [-0.4, -0.2) is 28.9 Å². The molecule has 0 aliphatic carbocycles. The maximum Gasteiger partial charge on any atom is 0.270 e. The number of carbonyl (C=O) groups excluding carboxylic acids is 1. The van der Waals surface area contributed by atoms with Crippen LogP contribution in [0.2, 0.25) is 0 Å². The van der Waals surface area contributed by atoms with E-state index in [-0.39, 0.29) is 5.91 Å². The summed E-state index contributed by atoms with van der Waals surface area (Å²) in [6.07, 6.45) is 3.53. The molecule has 1 atom stereocenters. The molecule has 1 saturated heterocycles. The van der Waals surface area contributed by atoms with Crippen molar-refractivity contribution in [2.24, 2.45) is 5.92 Å². The van der Waals surface area contributed by atoms with Gasteiger partial charge in [-0.1, -0.05) is 25.5 Å². The van der Waals surface area contributed by atoms with E-state index in [1.807, 2.05) is 29.2 Å². The van der Waals surface area contributed by atoms with Crippen molar-refractivity contribution in [1.82, 2.24) is 9.88 Å². The predicted octanol–water partition coefficient (Wildman–Crippen LogP) is 3.01. The molecule has 3 rings (SSSR count). The van der Waals surface area contributed by atoms with Gasteiger partial charge in [-0.25, -0.2) is 0 Å². The predicted molar refractivity (Wildman–Crippen MR) is 81.6 cm³/mol. The zero-order valence-electron chi connectivity index (χ0n) is 11.9. The molecule has 1 amide bonds. The van der Waals surface area contributed by atoms with Gasteiger partial charge in [0.15, 0.2) is 0 Å². The lowest BCUT2D eigenvalue weighted by Gasteiger charge is -2.15. The van der Waals surface area contributed by atoms with Gasteiger partial charge in [0.05, 0.1) is 11.2 Å². The Hall–Kier alpha value is -1.97. The van der Waals surface area contributed by atoms with Gasteiger partial charge in [0.1, 0.15) is 5.69 Å². The molecule has 0 radical (unpaired) electrons. The summed E-state index contributed by atoms with van der Waals surface area (Å²) < 4.78 is 0. The minimum absolute atomic E-state index is 0.0965. The zero-order valence-corrected chi connectivity index (χ0v) is 11.9. The molecule has 1 aliphatic heterocycles. The molecule has 106 valence electrons. The van der Waals surface area contributed by atoms with E-state index in [1.54, 1.807) is 0 Å². The Labute approximate surface area is 118 Å². The summed E-state index contributed by atoms with van der Waals surface area (Å²) >= 11 is 0. The van der Waals surface area contributed by atoms with Crippen LogP contribution < -0.4 is 5.73 Å². The van der Waals surface area contributed by atoms with Gasteiger partial charge in [0.25, 0.3) is 5.91 Å². The highest BCUT2D eigenvalue weighted by molar-refractivity contribution is 6.00. The average molecular weight is 271 g/mol. The maximum absolute atomic E-state index is 12.5. The molecule has 4 heteroatoms. The number of nitrogens with two attached hydrogens (primary N) is 1. The topological polar surface area (TPSA) is 62.1 Å². The summed E-state index contributed by atoms with van der Waals surface area (Å²) in [4.78, 5) is 17.7. The Bertz CT molecular complexity index is 632. The number of rotatable bonds is 3. The van der Waals surface area contributed by atoms with Crippen molar-refractivity contribution < 1.29 is 4.79 Å². The molecule has 0 spiro atoms. The first-order valence-corrected chi connectivity index (χ1v) is 7.35. The van der Waals surface area contributed by atoms with Gasteiger partial charge >= 0.3 is 0 Å². The highest BCUT2D eigenvalue weighted by Gasteiger charge is 2.27. The summed E-state index contributed by atoms with van der Waals surface area (Å²) in [6, 6.07) is 7.64. The number of hydrogen-bond acceptors (Lipinski definition) is 2. The van der Waals surface area contributed by atoms with E-state index in [0.717, 1.165) is 30.4 Å². The number of anilines is 1. The van der Waals surface area contributed by atoms with Crippen LogP contribution in [0.15, 0.2) is 24.3 Å². The van der Waals surface area contributed by atoms with Crippen LogP contribution in [0.4, 0.5) is 5.69 Å². The zero-order chi connectivity index (χ0) is 14.1. The lowest BCUT2D eigenvalue weighted by Crippen LogP contribution is -2.28. The second-order valence-corrected chi connectivity index (χ2v) is 5.69. The lowest BCUT2D eigenvalue weighted by molar-refractivity contribution is 0.0781. The molecule has 2 heterocycles. The Morgan fingerprint density at radius 1 is 1.50 bits per heavy atom. The van der Waals surface area contributed by atoms with Gasteiger partial charge in [0, 0.05) is 18.5 Å². The Morgan fingerprint density at radius 3 is 3.10 bits per heavy atom. The minimum atomic E-state index is 0.0965. The van der Waals surface area contributed by atoms with Crippen molar-refractivity contribution in [2.45, 2.75) is 26.2 Å². The van der Waals surface area contributed by atoms with E-state index in [0.29, 0.717) is 17.3 Å². The van der Waals surface area contributed by atoms with Gasteiger partial charge in [-0.2, -0.15) is 0 Å². The fourth-order valence-electron chi connectivity index (χ4n) is 3.13. The van der Waals surface area contributed by atoms with E-state index in [1.165, 1.54) is 12.8 Å². The molecule has 20 heavy (non-hydrogen) atoms. The van der Waals surface area contributed by atoms with Gasteiger partial charge < -0.3 is 15.6 Å². The SMILES string of the molecule is CCCC1CCN(C(=O)c2cc3cccc(N)c3[nH]2)C1. The van der Waals surface area contributed by atoms with E-state index in [9.17, 15) is 4.79 Å². The molecule has 1 fully saturated rings. The second kappa shape index (κ2) is 5.19. The van der Waals surface area contributed by atoms with Gasteiger partial charge in [-0.3, -0.25) is 4.79 Å². The molecule has 0 saturated carbocycles. The monoisotopic (exact) mass is 271 g/mol. The number of aromatic nitrogens is 1. The third-order valence-electron chi connectivity index (χ3n) is 4.19. The molecule has 1 aromatic carbocycles. The number of nitrogens with zero attached hydrogens (tertiary/aromatic N) is 1. The first-order valence-electron chi connectivity index (χ1n) is 7.35. The maximum atomic E-state index is 12.5. The number of amides is 1. The lowest BCUT2D eigenvalue weighted by atomic mass is 10.0. The number of carbonyl (C=O) groups is 1. The molecule has 1 aromatic heterocycles. The third kappa shape index (κ3) is 2.26. The van der Waals surface area contributed by atoms with Crippen LogP contribution in [0.1, 0.15) is 36.7 Å². The van der Waals surface area contributed by atoms with E-state index >= 15 is 0 Å². The average Bonchev–Trinajstić information content (AvgIpc) is 3.05. The minimum Gasteiger partial charge on any atom is -0.397 e. The number of fused-ring (bicyclic) bond motifs is 1. The Kier molecular flexibility index (Phi) is 3.38. The number of H-pyrrole nitrogens is 1. The summed E-state index contributed by atoms with van der Waals surface area (Å²) in [7, 11) is 0. The molecule has 1 aliphatic rings. The molecule has 4 nitrogen and oxygen atoms in total. The smallest absolute Gasteiger partial charge is 0.270 e. The molecular formula is C16H21N3O. The van der Waals surface area contributed by atoms with Crippen molar-refractivity contribution in [3.05, 3.63) is 30.0 Å². The molecule has 0 bridgehead atoms. The standard InChI is InChI=1S/C16H21N3O/c1-2-4-11-7-8-19(10-11)16(20)14-9-12-5-3-6-13(17)15(12)18-14/h3,5-6,9,11,18H,2,4,7-8,10,17H2,1H3. The number of nitrogen functional groups attached to an aromatic ring is 1. The molecular weight excluding hydrogens is 250 g/mol.